The van der Waals surface area contributed by atoms with E-state index in [1.807, 2.05) is 25.7 Å². The summed E-state index contributed by atoms with van der Waals surface area (Å²) in [7, 11) is 0. The topological polar surface area (TPSA) is 41.6 Å². The number of rotatable bonds is 3. The van der Waals surface area contributed by atoms with Crippen LogP contribution in [0.3, 0.4) is 0 Å². The van der Waals surface area contributed by atoms with Gasteiger partial charge in [-0.2, -0.15) is 0 Å². The van der Waals surface area contributed by atoms with E-state index in [1.54, 1.807) is 0 Å². The number of nitrogens with zero attached hydrogens (tertiary/aromatic N) is 1. The zero-order valence-corrected chi connectivity index (χ0v) is 15.4. The summed E-state index contributed by atoms with van der Waals surface area (Å²) in [6, 6.07) is 0.424. The molecule has 1 saturated carbocycles. The lowest BCUT2D eigenvalue weighted by Crippen LogP contribution is -2.45. The highest BCUT2D eigenvalue weighted by Gasteiger charge is 2.26. The Morgan fingerprint density at radius 2 is 1.70 bits per heavy atom. The Hall–Kier alpha value is -0.770. The fourth-order valence-corrected chi connectivity index (χ4v) is 3.70. The van der Waals surface area contributed by atoms with Gasteiger partial charge in [-0.3, -0.25) is 0 Å². The standard InChI is InChI=1S/C19H36N2O2/c1-19(2,3)23-18(22)21-13-9-8-12-17(15-21)20-14-16-10-6-4-5-7-11-16/h16-17,20H,4-15H2,1-3H3. The number of carbonyl (C=O) groups is 1. The molecule has 0 aromatic heterocycles. The van der Waals surface area contributed by atoms with E-state index in [0.29, 0.717) is 6.04 Å². The van der Waals surface area contributed by atoms with Gasteiger partial charge in [-0.25, -0.2) is 4.79 Å². The van der Waals surface area contributed by atoms with Crippen molar-refractivity contribution in [3.8, 4) is 0 Å². The summed E-state index contributed by atoms with van der Waals surface area (Å²) < 4.78 is 5.55. The second-order valence-corrected chi connectivity index (χ2v) is 8.38. The number of amides is 1. The highest BCUT2D eigenvalue weighted by Crippen LogP contribution is 2.23. The van der Waals surface area contributed by atoms with Crippen molar-refractivity contribution in [2.24, 2.45) is 5.92 Å². The molecule has 2 rings (SSSR count). The van der Waals surface area contributed by atoms with E-state index >= 15 is 0 Å². The van der Waals surface area contributed by atoms with E-state index in [4.69, 9.17) is 4.74 Å². The molecule has 0 aromatic rings. The van der Waals surface area contributed by atoms with Crippen LogP contribution in [-0.2, 0) is 4.74 Å². The molecule has 23 heavy (non-hydrogen) atoms. The zero-order chi connectivity index (χ0) is 16.7. The van der Waals surface area contributed by atoms with Gasteiger partial charge in [0.05, 0.1) is 0 Å². The molecular weight excluding hydrogens is 288 g/mol. The van der Waals surface area contributed by atoms with Crippen molar-refractivity contribution in [1.29, 1.82) is 0 Å². The minimum absolute atomic E-state index is 0.152. The third-order valence-electron chi connectivity index (χ3n) is 4.99. The molecule has 0 radical (unpaired) electrons. The summed E-state index contributed by atoms with van der Waals surface area (Å²) in [5.74, 6) is 0.829. The van der Waals surface area contributed by atoms with Gasteiger partial charge in [0, 0.05) is 19.1 Å². The molecule has 134 valence electrons. The van der Waals surface area contributed by atoms with E-state index in [1.165, 1.54) is 51.4 Å². The molecule has 1 saturated heterocycles. The van der Waals surface area contributed by atoms with Gasteiger partial charge in [-0.05, 0) is 58.9 Å². The maximum absolute atomic E-state index is 12.3. The maximum atomic E-state index is 12.3. The first-order chi connectivity index (χ1) is 10.9. The van der Waals surface area contributed by atoms with E-state index in [-0.39, 0.29) is 6.09 Å². The largest absolute Gasteiger partial charge is 0.444 e. The van der Waals surface area contributed by atoms with Crippen molar-refractivity contribution in [3.63, 3.8) is 0 Å². The summed E-state index contributed by atoms with van der Waals surface area (Å²) in [5.41, 5.74) is -0.410. The molecule has 1 amide bonds. The van der Waals surface area contributed by atoms with E-state index in [0.717, 1.165) is 32.0 Å². The number of ether oxygens (including phenoxy) is 1. The quantitative estimate of drug-likeness (QED) is 0.785. The summed E-state index contributed by atoms with van der Waals surface area (Å²) in [6.07, 6.45) is 11.6. The van der Waals surface area contributed by atoms with Crippen molar-refractivity contribution in [2.45, 2.75) is 90.2 Å². The fourth-order valence-electron chi connectivity index (χ4n) is 3.70. The van der Waals surface area contributed by atoms with Gasteiger partial charge >= 0.3 is 6.09 Å². The van der Waals surface area contributed by atoms with E-state index in [2.05, 4.69) is 5.32 Å². The predicted molar refractivity (Wildman–Crippen MR) is 94.6 cm³/mol. The van der Waals surface area contributed by atoms with Gasteiger partial charge in [-0.1, -0.05) is 32.1 Å². The molecule has 4 heteroatoms. The van der Waals surface area contributed by atoms with Gasteiger partial charge < -0.3 is 15.0 Å². The van der Waals surface area contributed by atoms with Crippen molar-refractivity contribution < 1.29 is 9.53 Å². The molecule has 4 nitrogen and oxygen atoms in total. The van der Waals surface area contributed by atoms with Crippen LogP contribution in [0.25, 0.3) is 0 Å². The van der Waals surface area contributed by atoms with Gasteiger partial charge in [-0.15, -0.1) is 0 Å². The van der Waals surface area contributed by atoms with Crippen LogP contribution in [0.4, 0.5) is 4.79 Å². The van der Waals surface area contributed by atoms with Crippen LogP contribution in [0, 0.1) is 5.92 Å². The Labute approximate surface area is 142 Å². The van der Waals surface area contributed by atoms with Crippen molar-refractivity contribution in [2.75, 3.05) is 19.6 Å². The number of hydrogen-bond acceptors (Lipinski definition) is 3. The Kier molecular flexibility index (Phi) is 7.19. The van der Waals surface area contributed by atoms with E-state index in [9.17, 15) is 4.79 Å². The Morgan fingerprint density at radius 1 is 1.04 bits per heavy atom. The summed E-state index contributed by atoms with van der Waals surface area (Å²) in [4.78, 5) is 14.2. The molecule has 0 aromatic carbocycles. The molecular formula is C19H36N2O2. The number of hydrogen-bond donors (Lipinski definition) is 1. The molecule has 2 fully saturated rings. The maximum Gasteiger partial charge on any atom is 0.410 e. The van der Waals surface area contributed by atoms with Crippen LogP contribution < -0.4 is 5.32 Å². The fraction of sp³-hybridized carbons (Fsp3) is 0.947. The molecule has 1 heterocycles. The summed E-state index contributed by atoms with van der Waals surface area (Å²) >= 11 is 0. The van der Waals surface area contributed by atoms with Crippen molar-refractivity contribution in [3.05, 3.63) is 0 Å². The smallest absolute Gasteiger partial charge is 0.410 e. The molecule has 1 unspecified atom stereocenters. The minimum Gasteiger partial charge on any atom is -0.444 e. The first kappa shape index (κ1) is 18.6. The van der Waals surface area contributed by atoms with Crippen LogP contribution in [0.1, 0.15) is 78.6 Å². The van der Waals surface area contributed by atoms with Gasteiger partial charge in [0.15, 0.2) is 0 Å². The summed E-state index contributed by atoms with van der Waals surface area (Å²) in [6.45, 7) is 8.55. The average Bonchev–Trinajstić information content (AvgIpc) is 2.86. The molecule has 1 aliphatic heterocycles. The highest BCUT2D eigenvalue weighted by atomic mass is 16.6. The van der Waals surface area contributed by atoms with Crippen molar-refractivity contribution in [1.82, 2.24) is 10.2 Å². The first-order valence-electron chi connectivity index (χ1n) is 9.65. The summed E-state index contributed by atoms with van der Waals surface area (Å²) in [5, 5.41) is 3.76. The van der Waals surface area contributed by atoms with Crippen LogP contribution in [0.5, 0.6) is 0 Å². The second-order valence-electron chi connectivity index (χ2n) is 8.38. The van der Waals surface area contributed by atoms with Gasteiger partial charge in [0.25, 0.3) is 0 Å². The molecule has 0 bridgehead atoms. The predicted octanol–water partition coefficient (Wildman–Crippen LogP) is 4.34. The molecule has 1 N–H and O–H groups in total. The first-order valence-corrected chi connectivity index (χ1v) is 9.65. The van der Waals surface area contributed by atoms with E-state index < -0.39 is 5.60 Å². The van der Waals surface area contributed by atoms with Gasteiger partial charge in [0.1, 0.15) is 5.60 Å². The monoisotopic (exact) mass is 324 g/mol. The number of carbonyl (C=O) groups excluding carboxylic acids is 1. The third kappa shape index (κ3) is 7.11. The Morgan fingerprint density at radius 3 is 2.35 bits per heavy atom. The van der Waals surface area contributed by atoms with Crippen LogP contribution >= 0.6 is 0 Å². The molecule has 0 spiro atoms. The Balaban J connectivity index is 1.80. The van der Waals surface area contributed by atoms with Gasteiger partial charge in [0.2, 0.25) is 0 Å². The van der Waals surface area contributed by atoms with Crippen molar-refractivity contribution >= 4 is 6.09 Å². The zero-order valence-electron chi connectivity index (χ0n) is 15.4. The third-order valence-corrected chi connectivity index (χ3v) is 4.99. The lowest BCUT2D eigenvalue weighted by atomic mass is 9.99. The lowest BCUT2D eigenvalue weighted by Gasteiger charge is -2.29. The average molecular weight is 325 g/mol. The SMILES string of the molecule is CC(C)(C)OC(=O)N1CCCCC(NCC2CCCCCC2)C1. The Bertz CT molecular complexity index is 357. The molecule has 1 aliphatic carbocycles. The van der Waals surface area contributed by atoms with Crippen LogP contribution in [-0.4, -0.2) is 42.3 Å². The lowest BCUT2D eigenvalue weighted by molar-refractivity contribution is 0.0243. The number of nitrogens with one attached hydrogen (secondary N) is 1. The normalized spacial score (nSPS) is 24.8. The molecule has 2 aliphatic rings. The minimum atomic E-state index is -0.410. The van der Waals surface area contributed by atoms with Crippen LogP contribution in [0.2, 0.25) is 0 Å². The highest BCUT2D eigenvalue weighted by molar-refractivity contribution is 5.68. The second kappa shape index (κ2) is 8.91. The van der Waals surface area contributed by atoms with Crippen LogP contribution in [0.15, 0.2) is 0 Å². The molecule has 1 atom stereocenters. The number of likely N-dealkylation sites (tertiary alicyclic amines) is 1.